The second kappa shape index (κ2) is 2.40. The minimum Gasteiger partial charge on any atom is -0.313 e. The summed E-state index contributed by atoms with van der Waals surface area (Å²) < 4.78 is 1.86. The van der Waals surface area contributed by atoms with Crippen LogP contribution in [0.5, 0.6) is 0 Å². The highest BCUT2D eigenvalue weighted by molar-refractivity contribution is 5.46. The fourth-order valence-corrected chi connectivity index (χ4v) is 0.940. The monoisotopic (exact) mass is 164 g/mol. The van der Waals surface area contributed by atoms with Crippen molar-refractivity contribution in [2.75, 3.05) is 0 Å². The normalized spacial score (nSPS) is 10.5. The van der Waals surface area contributed by atoms with Gasteiger partial charge in [0.2, 0.25) is 0 Å². The van der Waals surface area contributed by atoms with Gasteiger partial charge in [0.25, 0.3) is 0 Å². The number of nitrogens with one attached hydrogen (secondary N) is 1. The van der Waals surface area contributed by atoms with Gasteiger partial charge >= 0.3 is 0 Å². The first-order valence-corrected chi connectivity index (χ1v) is 3.51. The predicted octanol–water partition coefficient (Wildman–Crippen LogP) is -0.0914. The molecule has 0 atom stereocenters. The molecule has 0 amide bonds. The first-order valence-electron chi connectivity index (χ1n) is 3.51. The summed E-state index contributed by atoms with van der Waals surface area (Å²) in [6.07, 6.45) is 1.61. The SMILES string of the molecule is Cc1nnc(-c2cn[nH]n2)n1C. The summed E-state index contributed by atoms with van der Waals surface area (Å²) in [5.41, 5.74) is 0.707. The molecule has 0 aromatic carbocycles. The Morgan fingerprint density at radius 2 is 2.25 bits per heavy atom. The van der Waals surface area contributed by atoms with Crippen LogP contribution in [0.3, 0.4) is 0 Å². The smallest absolute Gasteiger partial charge is 0.185 e. The molecule has 2 rings (SSSR count). The molecular weight excluding hydrogens is 156 g/mol. The first kappa shape index (κ1) is 6.96. The summed E-state index contributed by atoms with van der Waals surface area (Å²) >= 11 is 0. The molecule has 0 saturated heterocycles. The summed E-state index contributed by atoms with van der Waals surface area (Å²) in [4.78, 5) is 0. The van der Waals surface area contributed by atoms with Crippen molar-refractivity contribution in [3.05, 3.63) is 12.0 Å². The van der Waals surface area contributed by atoms with Gasteiger partial charge in [-0.05, 0) is 6.92 Å². The molecule has 2 aromatic rings. The number of hydrogen-bond donors (Lipinski definition) is 1. The van der Waals surface area contributed by atoms with Gasteiger partial charge in [-0.1, -0.05) is 0 Å². The lowest BCUT2D eigenvalue weighted by Gasteiger charge is -1.94. The van der Waals surface area contributed by atoms with E-state index in [1.165, 1.54) is 0 Å². The van der Waals surface area contributed by atoms with E-state index < -0.39 is 0 Å². The van der Waals surface area contributed by atoms with Gasteiger partial charge in [0.1, 0.15) is 11.5 Å². The largest absolute Gasteiger partial charge is 0.313 e. The molecule has 2 heterocycles. The van der Waals surface area contributed by atoms with Crippen LogP contribution >= 0.6 is 0 Å². The summed E-state index contributed by atoms with van der Waals surface area (Å²) in [5.74, 6) is 1.58. The van der Waals surface area contributed by atoms with E-state index in [0.29, 0.717) is 5.69 Å². The van der Waals surface area contributed by atoms with Gasteiger partial charge in [-0.25, -0.2) is 0 Å². The highest BCUT2D eigenvalue weighted by atomic mass is 15.3. The fraction of sp³-hybridized carbons (Fsp3) is 0.333. The average molecular weight is 164 g/mol. The second-order valence-corrected chi connectivity index (χ2v) is 2.49. The summed E-state index contributed by atoms with van der Waals surface area (Å²) in [7, 11) is 1.89. The predicted molar refractivity (Wildman–Crippen MR) is 41.1 cm³/mol. The molecule has 0 bridgehead atoms. The minimum absolute atomic E-state index is 0.707. The van der Waals surface area contributed by atoms with Crippen LogP contribution in [0, 0.1) is 6.92 Å². The molecule has 12 heavy (non-hydrogen) atoms. The number of aromatic amines is 1. The topological polar surface area (TPSA) is 72.3 Å². The molecule has 0 aliphatic rings. The highest BCUT2D eigenvalue weighted by Gasteiger charge is 2.08. The number of nitrogens with zero attached hydrogens (tertiary/aromatic N) is 5. The van der Waals surface area contributed by atoms with Crippen molar-refractivity contribution in [3.8, 4) is 11.5 Å². The van der Waals surface area contributed by atoms with Crippen LogP contribution in [0.25, 0.3) is 11.5 Å². The van der Waals surface area contributed by atoms with E-state index >= 15 is 0 Å². The van der Waals surface area contributed by atoms with E-state index in [0.717, 1.165) is 11.6 Å². The molecule has 0 unspecified atom stereocenters. The number of H-pyrrole nitrogens is 1. The van der Waals surface area contributed by atoms with Gasteiger partial charge in [-0.2, -0.15) is 15.4 Å². The Balaban J connectivity index is 2.55. The molecule has 0 spiro atoms. The zero-order valence-corrected chi connectivity index (χ0v) is 6.81. The summed E-state index contributed by atoms with van der Waals surface area (Å²) in [5, 5.41) is 18.0. The van der Waals surface area contributed by atoms with E-state index in [2.05, 4.69) is 25.6 Å². The zero-order valence-electron chi connectivity index (χ0n) is 6.81. The minimum atomic E-state index is 0.707. The van der Waals surface area contributed by atoms with Crippen LogP contribution in [0.2, 0.25) is 0 Å². The Kier molecular flexibility index (Phi) is 1.39. The molecule has 0 radical (unpaired) electrons. The third-order valence-electron chi connectivity index (χ3n) is 1.74. The van der Waals surface area contributed by atoms with Crippen LogP contribution in [-0.2, 0) is 7.05 Å². The van der Waals surface area contributed by atoms with Gasteiger partial charge in [-0.15, -0.1) is 10.2 Å². The van der Waals surface area contributed by atoms with Crippen LogP contribution in [0.15, 0.2) is 6.20 Å². The number of aryl methyl sites for hydroxylation is 1. The van der Waals surface area contributed by atoms with Crippen LogP contribution in [0.1, 0.15) is 5.82 Å². The Labute approximate surface area is 68.6 Å². The molecule has 6 nitrogen and oxygen atoms in total. The van der Waals surface area contributed by atoms with Gasteiger partial charge in [0.15, 0.2) is 5.82 Å². The molecule has 0 fully saturated rings. The van der Waals surface area contributed by atoms with Crippen molar-refractivity contribution in [1.29, 1.82) is 0 Å². The van der Waals surface area contributed by atoms with Crippen molar-refractivity contribution < 1.29 is 0 Å². The number of hydrogen-bond acceptors (Lipinski definition) is 4. The Bertz CT molecular complexity index is 373. The van der Waals surface area contributed by atoms with Crippen molar-refractivity contribution in [3.63, 3.8) is 0 Å². The van der Waals surface area contributed by atoms with Crippen LogP contribution < -0.4 is 0 Å². The number of rotatable bonds is 1. The van der Waals surface area contributed by atoms with Gasteiger partial charge in [-0.3, -0.25) is 0 Å². The average Bonchev–Trinajstić information content (AvgIpc) is 2.64. The third kappa shape index (κ3) is 0.884. The van der Waals surface area contributed by atoms with Crippen LogP contribution in [0.4, 0.5) is 0 Å². The van der Waals surface area contributed by atoms with Crippen molar-refractivity contribution in [2.45, 2.75) is 6.92 Å². The molecule has 0 aliphatic carbocycles. The highest BCUT2D eigenvalue weighted by Crippen LogP contribution is 2.11. The summed E-state index contributed by atoms with van der Waals surface area (Å²) in [6, 6.07) is 0. The Morgan fingerprint density at radius 1 is 1.42 bits per heavy atom. The maximum absolute atomic E-state index is 3.95. The van der Waals surface area contributed by atoms with Crippen LogP contribution in [-0.4, -0.2) is 30.2 Å². The quantitative estimate of drug-likeness (QED) is 0.639. The standard InChI is InChI=1S/C6H8N6/c1-4-8-10-6(12(4)2)5-3-7-11-9-5/h3H,1-2H3,(H,7,9,11). The van der Waals surface area contributed by atoms with E-state index in [1.54, 1.807) is 6.20 Å². The molecule has 2 aromatic heterocycles. The van der Waals surface area contributed by atoms with E-state index in [-0.39, 0.29) is 0 Å². The van der Waals surface area contributed by atoms with Crippen molar-refractivity contribution >= 4 is 0 Å². The lowest BCUT2D eigenvalue weighted by Crippen LogP contribution is -1.94. The Morgan fingerprint density at radius 3 is 2.75 bits per heavy atom. The van der Waals surface area contributed by atoms with Gasteiger partial charge < -0.3 is 4.57 Å². The first-order chi connectivity index (χ1) is 5.79. The molecule has 62 valence electrons. The third-order valence-corrected chi connectivity index (χ3v) is 1.74. The van der Waals surface area contributed by atoms with Crippen molar-refractivity contribution in [1.82, 2.24) is 30.2 Å². The second-order valence-electron chi connectivity index (χ2n) is 2.49. The van der Waals surface area contributed by atoms with Crippen molar-refractivity contribution in [2.24, 2.45) is 7.05 Å². The van der Waals surface area contributed by atoms with E-state index in [4.69, 9.17) is 0 Å². The van der Waals surface area contributed by atoms with E-state index in [9.17, 15) is 0 Å². The molecule has 0 saturated carbocycles. The van der Waals surface area contributed by atoms with E-state index in [1.807, 2.05) is 18.5 Å². The Hall–Kier alpha value is -1.72. The molecule has 1 N–H and O–H groups in total. The maximum atomic E-state index is 3.95. The molecule has 0 aliphatic heterocycles. The lowest BCUT2D eigenvalue weighted by molar-refractivity contribution is 0.858. The zero-order chi connectivity index (χ0) is 8.55. The van der Waals surface area contributed by atoms with Gasteiger partial charge in [0, 0.05) is 7.05 Å². The fourth-order valence-electron chi connectivity index (χ4n) is 0.940. The molecular formula is C6H8N6. The maximum Gasteiger partial charge on any atom is 0.185 e. The number of aromatic nitrogens is 6. The summed E-state index contributed by atoms with van der Waals surface area (Å²) in [6.45, 7) is 1.89. The van der Waals surface area contributed by atoms with Gasteiger partial charge in [0.05, 0.1) is 6.20 Å². The lowest BCUT2D eigenvalue weighted by atomic mass is 10.4. The molecule has 6 heteroatoms.